The number of aryl methyl sites for hydroxylation is 1. The summed E-state index contributed by atoms with van der Waals surface area (Å²) in [5.74, 6) is 0.699. The first-order valence-electron chi connectivity index (χ1n) is 7.75. The zero-order chi connectivity index (χ0) is 16.2. The van der Waals surface area contributed by atoms with Crippen molar-refractivity contribution in [2.45, 2.75) is 30.1 Å². The van der Waals surface area contributed by atoms with Gasteiger partial charge in [0.15, 0.2) is 0 Å². The Bertz CT molecular complexity index is 885. The molecule has 0 unspecified atom stereocenters. The fourth-order valence-corrected chi connectivity index (χ4v) is 5.17. The molecule has 0 bridgehead atoms. The minimum Gasteiger partial charge on any atom is -0.496 e. The summed E-state index contributed by atoms with van der Waals surface area (Å²) in [4.78, 5) is 0.323. The molecule has 0 saturated heterocycles. The summed E-state index contributed by atoms with van der Waals surface area (Å²) >= 11 is 0. The number of anilines is 1. The Morgan fingerprint density at radius 3 is 2.52 bits per heavy atom. The number of fused-ring (bicyclic) bond motifs is 2. The smallest absolute Gasteiger partial charge is 0.264 e. The highest BCUT2D eigenvalue weighted by molar-refractivity contribution is 7.92. The van der Waals surface area contributed by atoms with Crippen molar-refractivity contribution in [2.24, 2.45) is 0 Å². The van der Waals surface area contributed by atoms with Gasteiger partial charge in [-0.25, -0.2) is 8.42 Å². The van der Waals surface area contributed by atoms with E-state index in [0.717, 1.165) is 24.1 Å². The van der Waals surface area contributed by atoms with Gasteiger partial charge in [0.25, 0.3) is 10.0 Å². The minimum atomic E-state index is -3.55. The zero-order valence-corrected chi connectivity index (χ0v) is 14.1. The molecule has 23 heavy (non-hydrogen) atoms. The summed E-state index contributed by atoms with van der Waals surface area (Å²) < 4.78 is 33.1. The third-order valence-electron chi connectivity index (χ3n) is 5.00. The summed E-state index contributed by atoms with van der Waals surface area (Å²) in [6, 6.07) is 12.9. The molecule has 120 valence electrons. The van der Waals surface area contributed by atoms with Gasteiger partial charge in [-0.15, -0.1) is 0 Å². The lowest BCUT2D eigenvalue weighted by Gasteiger charge is -2.20. The highest BCUT2D eigenvalue weighted by atomic mass is 32.2. The molecule has 0 amide bonds. The van der Waals surface area contributed by atoms with E-state index < -0.39 is 10.0 Å². The van der Waals surface area contributed by atoms with E-state index in [4.69, 9.17) is 4.74 Å². The standard InChI is InChI=1S/C18H19NO3S/c1-13-11-14(7-8-17(13)22-2)23(20,21)19-12-18(9-10-18)15-5-3-4-6-16(15)19/h3-8,11H,9-10,12H2,1-2H3. The molecule has 2 aromatic rings. The largest absolute Gasteiger partial charge is 0.496 e. The highest BCUT2D eigenvalue weighted by Crippen LogP contribution is 2.57. The molecule has 1 saturated carbocycles. The topological polar surface area (TPSA) is 46.6 Å². The van der Waals surface area contributed by atoms with Crippen LogP contribution in [0.25, 0.3) is 0 Å². The van der Waals surface area contributed by atoms with Gasteiger partial charge >= 0.3 is 0 Å². The Morgan fingerprint density at radius 2 is 1.87 bits per heavy atom. The Hall–Kier alpha value is -2.01. The molecule has 1 spiro atoms. The van der Waals surface area contributed by atoms with Crippen LogP contribution in [0, 0.1) is 6.92 Å². The van der Waals surface area contributed by atoms with Crippen LogP contribution in [0.3, 0.4) is 0 Å². The summed E-state index contributed by atoms with van der Waals surface area (Å²) in [5.41, 5.74) is 2.88. The molecular formula is C18H19NO3S. The van der Waals surface area contributed by atoms with Crippen LogP contribution in [0.4, 0.5) is 5.69 Å². The van der Waals surface area contributed by atoms with Crippen LogP contribution in [0.1, 0.15) is 24.0 Å². The van der Waals surface area contributed by atoms with E-state index >= 15 is 0 Å². The van der Waals surface area contributed by atoms with Gasteiger partial charge in [-0.1, -0.05) is 18.2 Å². The first-order chi connectivity index (χ1) is 11.0. The maximum absolute atomic E-state index is 13.1. The van der Waals surface area contributed by atoms with Crippen molar-refractivity contribution < 1.29 is 13.2 Å². The van der Waals surface area contributed by atoms with E-state index in [0.29, 0.717) is 17.2 Å². The van der Waals surface area contributed by atoms with Crippen LogP contribution >= 0.6 is 0 Å². The monoisotopic (exact) mass is 329 g/mol. The molecule has 0 N–H and O–H groups in total. The van der Waals surface area contributed by atoms with E-state index in [9.17, 15) is 8.42 Å². The number of methoxy groups -OCH3 is 1. The van der Waals surface area contributed by atoms with E-state index in [-0.39, 0.29) is 5.41 Å². The van der Waals surface area contributed by atoms with Gasteiger partial charge < -0.3 is 4.74 Å². The lowest BCUT2D eigenvalue weighted by Crippen LogP contribution is -2.31. The minimum absolute atomic E-state index is 0.0468. The zero-order valence-electron chi connectivity index (χ0n) is 13.2. The van der Waals surface area contributed by atoms with Crippen molar-refractivity contribution in [3.8, 4) is 5.75 Å². The van der Waals surface area contributed by atoms with Crippen molar-refractivity contribution in [1.29, 1.82) is 0 Å². The summed E-state index contributed by atoms with van der Waals surface area (Å²) in [6.07, 6.45) is 2.13. The number of hydrogen-bond acceptors (Lipinski definition) is 3. The number of benzene rings is 2. The number of sulfonamides is 1. The average Bonchev–Trinajstić information content (AvgIpc) is 3.25. The molecule has 5 heteroatoms. The van der Waals surface area contributed by atoms with Gasteiger partial charge in [0, 0.05) is 12.0 Å². The SMILES string of the molecule is COc1ccc(S(=O)(=O)N2CC3(CC3)c3ccccc32)cc1C. The second-order valence-electron chi connectivity index (χ2n) is 6.44. The average molecular weight is 329 g/mol. The van der Waals surface area contributed by atoms with Gasteiger partial charge in [0.1, 0.15) is 5.75 Å². The molecule has 2 aliphatic rings. The van der Waals surface area contributed by atoms with Gasteiger partial charge in [0.05, 0.1) is 17.7 Å². The predicted molar refractivity (Wildman–Crippen MR) is 89.6 cm³/mol. The fraction of sp³-hybridized carbons (Fsp3) is 0.333. The summed E-state index contributed by atoms with van der Waals surface area (Å²) in [6.45, 7) is 2.41. The predicted octanol–water partition coefficient (Wildman–Crippen LogP) is 3.24. The van der Waals surface area contributed by atoms with E-state index in [1.54, 1.807) is 29.6 Å². The second kappa shape index (κ2) is 4.74. The number of rotatable bonds is 3. The normalized spacial score (nSPS) is 18.1. The molecular weight excluding hydrogens is 310 g/mol. The molecule has 0 aromatic heterocycles. The molecule has 1 aliphatic carbocycles. The molecule has 0 atom stereocenters. The Balaban J connectivity index is 1.80. The molecule has 1 fully saturated rings. The van der Waals surface area contributed by atoms with Gasteiger partial charge in [0.2, 0.25) is 0 Å². The third kappa shape index (κ3) is 2.06. The lowest BCUT2D eigenvalue weighted by molar-refractivity contribution is 0.411. The summed E-state index contributed by atoms with van der Waals surface area (Å²) in [5, 5.41) is 0. The molecule has 4 nitrogen and oxygen atoms in total. The van der Waals surface area contributed by atoms with Crippen LogP contribution in [0.2, 0.25) is 0 Å². The van der Waals surface area contributed by atoms with Crippen LogP contribution in [0.15, 0.2) is 47.4 Å². The molecule has 1 heterocycles. The maximum atomic E-state index is 13.1. The first-order valence-corrected chi connectivity index (χ1v) is 9.19. The molecule has 4 rings (SSSR count). The quantitative estimate of drug-likeness (QED) is 0.868. The molecule has 2 aromatic carbocycles. The fourth-order valence-electron chi connectivity index (χ4n) is 3.52. The maximum Gasteiger partial charge on any atom is 0.264 e. The van der Waals surface area contributed by atoms with Crippen molar-refractivity contribution >= 4 is 15.7 Å². The van der Waals surface area contributed by atoms with E-state index in [1.807, 2.05) is 25.1 Å². The molecule has 1 aliphatic heterocycles. The number of nitrogens with zero attached hydrogens (tertiary/aromatic N) is 1. The van der Waals surface area contributed by atoms with E-state index in [1.165, 1.54) is 5.56 Å². The van der Waals surface area contributed by atoms with Crippen molar-refractivity contribution in [3.05, 3.63) is 53.6 Å². The number of hydrogen-bond donors (Lipinski definition) is 0. The lowest BCUT2D eigenvalue weighted by atomic mass is 9.99. The van der Waals surface area contributed by atoms with Crippen molar-refractivity contribution in [2.75, 3.05) is 18.0 Å². The van der Waals surface area contributed by atoms with Crippen molar-refractivity contribution in [1.82, 2.24) is 0 Å². The first kappa shape index (κ1) is 14.6. The van der Waals surface area contributed by atoms with Crippen LogP contribution in [-0.2, 0) is 15.4 Å². The van der Waals surface area contributed by atoms with Crippen LogP contribution in [0.5, 0.6) is 5.75 Å². The summed E-state index contributed by atoms with van der Waals surface area (Å²) in [7, 11) is -1.97. The Morgan fingerprint density at radius 1 is 1.13 bits per heavy atom. The van der Waals surface area contributed by atoms with Gasteiger partial charge in [-0.3, -0.25) is 4.31 Å². The third-order valence-corrected chi connectivity index (χ3v) is 6.75. The Labute approximate surface area is 136 Å². The van der Waals surface area contributed by atoms with Crippen LogP contribution in [-0.4, -0.2) is 22.1 Å². The highest BCUT2D eigenvalue weighted by Gasteiger charge is 2.54. The van der Waals surface area contributed by atoms with E-state index in [2.05, 4.69) is 6.07 Å². The Kier molecular flexibility index (Phi) is 3.00. The van der Waals surface area contributed by atoms with Crippen LogP contribution < -0.4 is 9.04 Å². The van der Waals surface area contributed by atoms with Crippen molar-refractivity contribution in [3.63, 3.8) is 0 Å². The number of para-hydroxylation sites is 1. The second-order valence-corrected chi connectivity index (χ2v) is 8.30. The van der Waals surface area contributed by atoms with Gasteiger partial charge in [-0.05, 0) is 55.2 Å². The molecule has 0 radical (unpaired) electrons. The van der Waals surface area contributed by atoms with Gasteiger partial charge in [-0.2, -0.15) is 0 Å². The number of ether oxygens (including phenoxy) is 1.